The molecule has 0 bridgehead atoms. The van der Waals surface area contributed by atoms with E-state index in [2.05, 4.69) is 81.4 Å². The van der Waals surface area contributed by atoms with Crippen molar-refractivity contribution in [3.8, 4) is 5.75 Å². The summed E-state index contributed by atoms with van der Waals surface area (Å²) in [6.45, 7) is 7.08. The molecule has 0 spiro atoms. The summed E-state index contributed by atoms with van der Waals surface area (Å²) in [6.07, 6.45) is 2.96. The van der Waals surface area contributed by atoms with E-state index in [1.807, 2.05) is 36.4 Å². The van der Waals surface area contributed by atoms with Gasteiger partial charge in [-0.15, -0.1) is 0 Å². The lowest BCUT2D eigenvalue weighted by Gasteiger charge is -2.43. The van der Waals surface area contributed by atoms with Crippen molar-refractivity contribution < 1.29 is 22.7 Å². The Labute approximate surface area is 284 Å². The van der Waals surface area contributed by atoms with Crippen LogP contribution in [0.5, 0.6) is 5.75 Å². The first-order chi connectivity index (χ1) is 22.5. The molecule has 0 aromatic heterocycles. The quantitative estimate of drug-likeness (QED) is 0.107. The zero-order valence-electron chi connectivity index (χ0n) is 27.0. The molecule has 8 heteroatoms. The van der Waals surface area contributed by atoms with Crippen LogP contribution in [0.15, 0.2) is 120 Å². The molecule has 4 aromatic rings. The summed E-state index contributed by atoms with van der Waals surface area (Å²) in [4.78, 5) is 0. The van der Waals surface area contributed by atoms with Gasteiger partial charge in [0.1, 0.15) is 11.0 Å². The predicted molar refractivity (Wildman–Crippen MR) is 195 cm³/mol. The molecule has 2 aliphatic rings. The minimum Gasteiger partial charge on any atom is -0.508 e. The number of hydrogen-bond donors (Lipinski definition) is 1. The number of fused-ring (bicyclic) bond motifs is 1. The second-order valence-corrected chi connectivity index (χ2v) is 20.3. The van der Waals surface area contributed by atoms with Gasteiger partial charge in [-0.3, -0.25) is 0 Å². The fourth-order valence-corrected chi connectivity index (χ4v) is 13.9. The highest BCUT2D eigenvalue weighted by atomic mass is 35.5. The Morgan fingerprint density at radius 3 is 2.11 bits per heavy atom. The first-order valence-electron chi connectivity index (χ1n) is 16.0. The molecule has 0 unspecified atom stereocenters. The van der Waals surface area contributed by atoms with Gasteiger partial charge >= 0.3 is 0 Å². The van der Waals surface area contributed by atoms with Crippen molar-refractivity contribution in [1.29, 1.82) is 0 Å². The molecule has 4 aromatic carbocycles. The van der Waals surface area contributed by atoms with Gasteiger partial charge < -0.3 is 14.3 Å². The Bertz CT molecular complexity index is 1840. The highest BCUT2D eigenvalue weighted by Crippen LogP contribution is 2.42. The Morgan fingerprint density at radius 2 is 1.53 bits per heavy atom. The zero-order chi connectivity index (χ0) is 33.2. The molecule has 244 valence electrons. The molecule has 0 radical (unpaired) electrons. The lowest BCUT2D eigenvalue weighted by molar-refractivity contribution is 0.118. The standard InChI is InChI=1S/C39H41ClO5SSi/c1-39(2,3)47(33-15-9-5-10-16-33,34-17-11-6-12-18-34)45-25-31-27-46(42,43)37-26-44-36(38(31)37)22-20-29(28-13-7-4-8-14-28)23-30-19-21-32(41)24-35(30)40/h4-19,21,23-24,36-37,41H,20,22,25-27H2,1-3H3/b29-23-/t36-,37+/m1/s1. The molecular formula is C39H41ClO5SSi. The van der Waals surface area contributed by atoms with E-state index >= 15 is 0 Å². The number of aromatic hydroxyl groups is 1. The average molecular weight is 685 g/mol. The van der Waals surface area contributed by atoms with Crippen LogP contribution in [0, 0.1) is 0 Å². The number of benzene rings is 4. The molecule has 6 rings (SSSR count). The van der Waals surface area contributed by atoms with Gasteiger partial charge in [0.2, 0.25) is 0 Å². The van der Waals surface area contributed by atoms with Crippen molar-refractivity contribution >= 4 is 51.8 Å². The number of sulfone groups is 1. The third kappa shape index (κ3) is 6.78. The molecule has 1 fully saturated rings. The van der Waals surface area contributed by atoms with E-state index in [1.54, 1.807) is 12.1 Å². The van der Waals surface area contributed by atoms with E-state index in [4.69, 9.17) is 20.8 Å². The predicted octanol–water partition coefficient (Wildman–Crippen LogP) is 7.44. The van der Waals surface area contributed by atoms with Crippen LogP contribution in [-0.2, 0) is 19.0 Å². The Hall–Kier alpha value is -3.46. The number of halogens is 1. The van der Waals surface area contributed by atoms with E-state index in [1.165, 1.54) is 6.07 Å². The topological polar surface area (TPSA) is 72.8 Å². The second kappa shape index (κ2) is 13.6. The summed E-state index contributed by atoms with van der Waals surface area (Å²) in [5, 5.41) is 11.8. The first-order valence-corrected chi connectivity index (χ1v) is 20.0. The molecule has 2 heterocycles. The zero-order valence-corrected chi connectivity index (χ0v) is 29.6. The maximum absolute atomic E-state index is 13.5. The van der Waals surface area contributed by atoms with E-state index in [9.17, 15) is 13.5 Å². The van der Waals surface area contributed by atoms with Crippen LogP contribution in [-0.4, -0.2) is 52.2 Å². The molecular weight excluding hydrogens is 644 g/mol. The number of phenols is 1. The Morgan fingerprint density at radius 1 is 0.936 bits per heavy atom. The van der Waals surface area contributed by atoms with Crippen molar-refractivity contribution in [3.63, 3.8) is 0 Å². The fraction of sp³-hybridized carbons (Fsp3) is 0.282. The third-order valence-electron chi connectivity index (χ3n) is 9.37. The fourth-order valence-electron chi connectivity index (χ4n) is 7.15. The number of ether oxygens (including phenoxy) is 1. The number of rotatable bonds is 10. The Kier molecular flexibility index (Phi) is 9.66. The number of phenolic OH excluding ortho intramolecular Hbond substituents is 1. The van der Waals surface area contributed by atoms with Gasteiger partial charge in [-0.05, 0) is 80.4 Å². The minimum absolute atomic E-state index is 0.00440. The van der Waals surface area contributed by atoms with Crippen LogP contribution < -0.4 is 10.4 Å². The van der Waals surface area contributed by atoms with Crippen LogP contribution in [0.3, 0.4) is 0 Å². The summed E-state index contributed by atoms with van der Waals surface area (Å²) in [5.41, 5.74) is 4.61. The second-order valence-electron chi connectivity index (χ2n) is 13.4. The van der Waals surface area contributed by atoms with Crippen molar-refractivity contribution in [2.45, 2.75) is 50.0 Å². The van der Waals surface area contributed by atoms with E-state index in [0.29, 0.717) is 17.9 Å². The van der Waals surface area contributed by atoms with Gasteiger partial charge in [0.25, 0.3) is 8.32 Å². The molecule has 47 heavy (non-hydrogen) atoms. The van der Waals surface area contributed by atoms with E-state index in [0.717, 1.165) is 38.2 Å². The molecule has 0 aliphatic carbocycles. The molecule has 2 aliphatic heterocycles. The highest BCUT2D eigenvalue weighted by molar-refractivity contribution is 7.92. The largest absolute Gasteiger partial charge is 0.508 e. The maximum atomic E-state index is 13.5. The van der Waals surface area contributed by atoms with Crippen LogP contribution >= 0.6 is 11.6 Å². The van der Waals surface area contributed by atoms with Gasteiger partial charge in [-0.2, -0.15) is 0 Å². The van der Waals surface area contributed by atoms with Crippen LogP contribution in [0.1, 0.15) is 44.7 Å². The monoisotopic (exact) mass is 684 g/mol. The summed E-state index contributed by atoms with van der Waals surface area (Å²) >= 11 is 6.49. The number of hydrogen-bond acceptors (Lipinski definition) is 5. The molecule has 1 N–H and O–H groups in total. The van der Waals surface area contributed by atoms with Gasteiger partial charge in [-0.25, -0.2) is 8.42 Å². The van der Waals surface area contributed by atoms with E-state index in [-0.39, 0.29) is 35.9 Å². The molecule has 1 saturated heterocycles. The smallest absolute Gasteiger partial charge is 0.261 e. The molecule has 5 nitrogen and oxygen atoms in total. The number of allylic oxidation sites excluding steroid dienone is 1. The van der Waals surface area contributed by atoms with Gasteiger partial charge in [0.05, 0.1) is 30.1 Å². The summed E-state index contributed by atoms with van der Waals surface area (Å²) < 4.78 is 40.5. The summed E-state index contributed by atoms with van der Waals surface area (Å²) in [7, 11) is -6.28. The maximum Gasteiger partial charge on any atom is 0.261 e. The minimum atomic E-state index is -3.41. The van der Waals surface area contributed by atoms with E-state index < -0.39 is 23.4 Å². The van der Waals surface area contributed by atoms with Crippen molar-refractivity contribution in [3.05, 3.63) is 136 Å². The molecule has 2 atom stereocenters. The Balaban J connectivity index is 1.34. The van der Waals surface area contributed by atoms with Gasteiger partial charge in [0.15, 0.2) is 9.84 Å². The van der Waals surface area contributed by atoms with Crippen molar-refractivity contribution in [2.75, 3.05) is 19.0 Å². The SMILES string of the molecule is CC(C)(C)[Si](OCC1=C2[C@@H](CC/C(=C/c3ccc(O)cc3Cl)c3ccccc3)OC[C@@H]2S(=O)(=O)C1)(c1ccccc1)c1ccccc1. The van der Waals surface area contributed by atoms with Crippen LogP contribution in [0.25, 0.3) is 11.6 Å². The van der Waals surface area contributed by atoms with Crippen molar-refractivity contribution in [1.82, 2.24) is 0 Å². The van der Waals surface area contributed by atoms with Crippen LogP contribution in [0.4, 0.5) is 0 Å². The lowest BCUT2D eigenvalue weighted by atomic mass is 9.93. The summed E-state index contributed by atoms with van der Waals surface area (Å²) in [5.74, 6) is 0.108. The van der Waals surface area contributed by atoms with Gasteiger partial charge in [-0.1, -0.05) is 123 Å². The highest BCUT2D eigenvalue weighted by Gasteiger charge is 2.52. The molecule has 0 saturated carbocycles. The van der Waals surface area contributed by atoms with Crippen LogP contribution in [0.2, 0.25) is 10.1 Å². The normalized spacial score (nSPS) is 19.6. The average Bonchev–Trinajstić information content (AvgIpc) is 3.60. The van der Waals surface area contributed by atoms with Crippen molar-refractivity contribution in [2.24, 2.45) is 0 Å². The summed E-state index contributed by atoms with van der Waals surface area (Å²) in [6, 6.07) is 35.9. The van der Waals surface area contributed by atoms with Gasteiger partial charge in [0, 0.05) is 0 Å². The molecule has 0 amide bonds. The lowest BCUT2D eigenvalue weighted by Crippen LogP contribution is -2.66. The third-order valence-corrected chi connectivity index (χ3v) is 16.7. The first kappa shape index (κ1) is 33.4.